The van der Waals surface area contributed by atoms with Gasteiger partial charge >= 0.3 is 0 Å². The molecule has 174 valence electrons. The number of amides is 1. The first-order valence-corrected chi connectivity index (χ1v) is 12.3. The Balaban J connectivity index is 1.46. The predicted octanol–water partition coefficient (Wildman–Crippen LogP) is 3.01. The van der Waals surface area contributed by atoms with Crippen LogP contribution in [0.1, 0.15) is 6.42 Å². The molecule has 32 heavy (non-hydrogen) atoms. The number of halogens is 2. The minimum Gasteiger partial charge on any atom is -0.482 e. The highest BCUT2D eigenvalue weighted by Crippen LogP contribution is 2.28. The van der Waals surface area contributed by atoms with Crippen molar-refractivity contribution in [3.63, 3.8) is 0 Å². The molecule has 1 saturated heterocycles. The molecule has 0 spiro atoms. The molecule has 0 aromatic heterocycles. The molecule has 0 atom stereocenters. The molecule has 1 aliphatic heterocycles. The van der Waals surface area contributed by atoms with Crippen LogP contribution in [-0.2, 0) is 19.6 Å². The summed E-state index contributed by atoms with van der Waals surface area (Å²) in [6, 6.07) is 10.3. The number of carbonyl (C=O) groups excluding carboxylic acids is 1. The number of sulfonamides is 1. The Kier molecular flexibility index (Phi) is 9.01. The van der Waals surface area contributed by atoms with Gasteiger partial charge in [-0.15, -0.1) is 0 Å². The Labute approximate surface area is 197 Å². The van der Waals surface area contributed by atoms with Gasteiger partial charge in [-0.25, -0.2) is 8.42 Å². The lowest BCUT2D eigenvalue weighted by atomic mass is 10.3. The summed E-state index contributed by atoms with van der Waals surface area (Å²) in [5.74, 6) is -0.0512. The summed E-state index contributed by atoms with van der Waals surface area (Å²) in [4.78, 5) is 14.3. The minimum absolute atomic E-state index is 0.0302. The van der Waals surface area contributed by atoms with Crippen molar-refractivity contribution in [3.8, 4) is 5.75 Å². The fraction of sp³-hybridized carbons (Fsp3) is 0.381. The number of benzene rings is 2. The third-order valence-corrected chi connectivity index (χ3v) is 6.67. The van der Waals surface area contributed by atoms with Crippen LogP contribution in [0.15, 0.2) is 47.4 Å². The molecule has 1 amide bonds. The molecule has 11 heteroatoms. The van der Waals surface area contributed by atoms with Gasteiger partial charge in [-0.1, -0.05) is 23.2 Å². The van der Waals surface area contributed by atoms with Crippen LogP contribution in [0.3, 0.4) is 0 Å². The van der Waals surface area contributed by atoms with E-state index in [0.29, 0.717) is 17.3 Å². The standard InChI is InChI=1S/C21H25Cl2N3O5S/c22-16-2-4-17(5-3-16)25-32(28,29)18-6-7-20(19(23)14-18)31-15-21(27)24-8-1-9-26-10-12-30-13-11-26/h2-7,14,25H,1,8-13,15H2,(H,24,27). The summed E-state index contributed by atoms with van der Waals surface area (Å²) in [7, 11) is -3.85. The summed E-state index contributed by atoms with van der Waals surface area (Å²) in [5.41, 5.74) is 0.371. The molecule has 0 aliphatic carbocycles. The van der Waals surface area contributed by atoms with E-state index >= 15 is 0 Å². The maximum absolute atomic E-state index is 12.6. The topological polar surface area (TPSA) is 97.0 Å². The maximum Gasteiger partial charge on any atom is 0.261 e. The van der Waals surface area contributed by atoms with Gasteiger partial charge in [0.25, 0.3) is 15.9 Å². The Bertz CT molecular complexity index is 1010. The maximum atomic E-state index is 12.6. The van der Waals surface area contributed by atoms with Crippen LogP contribution in [0, 0.1) is 0 Å². The quantitative estimate of drug-likeness (QED) is 0.485. The van der Waals surface area contributed by atoms with Gasteiger partial charge in [-0.05, 0) is 55.4 Å². The van der Waals surface area contributed by atoms with Crippen molar-refractivity contribution < 1.29 is 22.7 Å². The minimum atomic E-state index is -3.85. The van der Waals surface area contributed by atoms with Crippen molar-refractivity contribution in [2.24, 2.45) is 0 Å². The summed E-state index contributed by atoms with van der Waals surface area (Å²) in [5, 5.41) is 3.38. The van der Waals surface area contributed by atoms with Crippen molar-refractivity contribution in [1.82, 2.24) is 10.2 Å². The van der Waals surface area contributed by atoms with E-state index in [9.17, 15) is 13.2 Å². The fourth-order valence-corrected chi connectivity index (χ4v) is 4.56. The molecule has 0 saturated carbocycles. The van der Waals surface area contributed by atoms with Crippen LogP contribution in [-0.4, -0.2) is 65.2 Å². The zero-order valence-electron chi connectivity index (χ0n) is 17.4. The third-order valence-electron chi connectivity index (χ3n) is 4.75. The number of hydrogen-bond acceptors (Lipinski definition) is 6. The molecule has 0 unspecified atom stereocenters. The molecule has 8 nitrogen and oxygen atoms in total. The number of ether oxygens (including phenoxy) is 2. The van der Waals surface area contributed by atoms with Gasteiger partial charge in [0.2, 0.25) is 0 Å². The number of rotatable bonds is 10. The highest BCUT2D eigenvalue weighted by Gasteiger charge is 2.17. The van der Waals surface area contributed by atoms with Gasteiger partial charge in [-0.3, -0.25) is 14.4 Å². The lowest BCUT2D eigenvalue weighted by Crippen LogP contribution is -2.38. The summed E-state index contributed by atoms with van der Waals surface area (Å²) >= 11 is 12.0. The van der Waals surface area contributed by atoms with E-state index in [-0.39, 0.29) is 28.2 Å². The van der Waals surface area contributed by atoms with E-state index in [0.717, 1.165) is 39.3 Å². The van der Waals surface area contributed by atoms with Crippen LogP contribution in [0.5, 0.6) is 5.75 Å². The molecule has 1 fully saturated rings. The van der Waals surface area contributed by atoms with E-state index in [2.05, 4.69) is 14.9 Å². The summed E-state index contributed by atoms with van der Waals surface area (Å²) in [6.07, 6.45) is 0.833. The first-order chi connectivity index (χ1) is 15.3. The van der Waals surface area contributed by atoms with Gasteiger partial charge in [0.05, 0.1) is 23.1 Å². The zero-order chi connectivity index (χ0) is 23.0. The molecule has 1 aliphatic rings. The highest BCUT2D eigenvalue weighted by molar-refractivity contribution is 7.92. The van der Waals surface area contributed by atoms with Gasteiger partial charge in [0.15, 0.2) is 6.61 Å². The molecular weight excluding hydrogens is 477 g/mol. The van der Waals surface area contributed by atoms with Crippen molar-refractivity contribution >= 4 is 44.8 Å². The van der Waals surface area contributed by atoms with Gasteiger partial charge in [-0.2, -0.15) is 0 Å². The number of carbonyl (C=O) groups is 1. The number of morpholine rings is 1. The smallest absolute Gasteiger partial charge is 0.261 e. The van der Waals surface area contributed by atoms with E-state index in [4.69, 9.17) is 32.7 Å². The van der Waals surface area contributed by atoms with Crippen LogP contribution in [0.2, 0.25) is 10.0 Å². The first-order valence-electron chi connectivity index (χ1n) is 10.1. The Morgan fingerprint density at radius 1 is 1.09 bits per heavy atom. The number of nitrogens with zero attached hydrogens (tertiary/aromatic N) is 1. The highest BCUT2D eigenvalue weighted by atomic mass is 35.5. The fourth-order valence-electron chi connectivity index (χ4n) is 3.05. The molecule has 2 N–H and O–H groups in total. The Hall–Kier alpha value is -2.04. The van der Waals surface area contributed by atoms with Crippen LogP contribution < -0.4 is 14.8 Å². The Morgan fingerprint density at radius 2 is 1.81 bits per heavy atom. The molecule has 3 rings (SSSR count). The lowest BCUT2D eigenvalue weighted by Gasteiger charge is -2.26. The average Bonchev–Trinajstić information content (AvgIpc) is 2.78. The normalized spacial score (nSPS) is 14.7. The summed E-state index contributed by atoms with van der Waals surface area (Å²) in [6.45, 7) is 4.55. The number of anilines is 1. The molecule has 1 heterocycles. The second-order valence-corrected chi connectivity index (χ2v) is 9.68. The molecule has 0 bridgehead atoms. The van der Waals surface area contributed by atoms with Gasteiger partial charge < -0.3 is 14.8 Å². The predicted molar refractivity (Wildman–Crippen MR) is 124 cm³/mol. The second kappa shape index (κ2) is 11.7. The second-order valence-electron chi connectivity index (χ2n) is 7.15. The average molecular weight is 502 g/mol. The zero-order valence-corrected chi connectivity index (χ0v) is 19.7. The van der Waals surface area contributed by atoms with Crippen molar-refractivity contribution in [3.05, 3.63) is 52.5 Å². The third kappa shape index (κ3) is 7.53. The summed E-state index contributed by atoms with van der Waals surface area (Å²) < 4.78 is 38.3. The van der Waals surface area contributed by atoms with Crippen LogP contribution >= 0.6 is 23.2 Å². The van der Waals surface area contributed by atoms with Crippen molar-refractivity contribution in [2.45, 2.75) is 11.3 Å². The van der Waals surface area contributed by atoms with Gasteiger partial charge in [0.1, 0.15) is 5.75 Å². The molecule has 2 aromatic carbocycles. The van der Waals surface area contributed by atoms with E-state index in [1.165, 1.54) is 18.2 Å². The van der Waals surface area contributed by atoms with E-state index in [1.54, 1.807) is 24.3 Å². The molecular formula is C21H25Cl2N3O5S. The molecule has 2 aromatic rings. The van der Waals surface area contributed by atoms with Crippen molar-refractivity contribution in [1.29, 1.82) is 0 Å². The van der Waals surface area contributed by atoms with E-state index < -0.39 is 10.0 Å². The largest absolute Gasteiger partial charge is 0.482 e. The van der Waals surface area contributed by atoms with Crippen LogP contribution in [0.4, 0.5) is 5.69 Å². The first kappa shape index (κ1) is 24.6. The van der Waals surface area contributed by atoms with Crippen LogP contribution in [0.25, 0.3) is 0 Å². The SMILES string of the molecule is O=C(COc1ccc(S(=O)(=O)Nc2ccc(Cl)cc2)cc1Cl)NCCCN1CCOCC1. The van der Waals surface area contributed by atoms with E-state index in [1.807, 2.05) is 0 Å². The number of hydrogen-bond donors (Lipinski definition) is 2. The number of nitrogens with one attached hydrogen (secondary N) is 2. The monoisotopic (exact) mass is 501 g/mol. The Morgan fingerprint density at radius 3 is 2.50 bits per heavy atom. The lowest BCUT2D eigenvalue weighted by molar-refractivity contribution is -0.123. The van der Waals surface area contributed by atoms with Crippen molar-refractivity contribution in [2.75, 3.05) is 50.7 Å². The molecule has 0 radical (unpaired) electrons. The van der Waals surface area contributed by atoms with Gasteiger partial charge in [0, 0.05) is 30.3 Å².